The van der Waals surface area contributed by atoms with Gasteiger partial charge in [0.15, 0.2) is 6.10 Å². The third-order valence-electron chi connectivity index (χ3n) is 3.92. The van der Waals surface area contributed by atoms with Crippen LogP contribution in [0.15, 0.2) is 30.3 Å². The summed E-state index contributed by atoms with van der Waals surface area (Å²) in [6.07, 6.45) is 1.34. The molecule has 0 spiro atoms. The summed E-state index contributed by atoms with van der Waals surface area (Å²) < 4.78 is 5.00. The van der Waals surface area contributed by atoms with E-state index >= 15 is 0 Å². The number of nitrogens with one attached hydrogen (secondary N) is 1. The second kappa shape index (κ2) is 8.76. The second-order valence-corrected chi connectivity index (χ2v) is 6.22. The number of amides is 1. The quantitative estimate of drug-likeness (QED) is 0.345. The Morgan fingerprint density at radius 3 is 2.58 bits per heavy atom. The van der Waals surface area contributed by atoms with Crippen LogP contribution in [0.4, 0.5) is 5.69 Å². The zero-order valence-electron chi connectivity index (χ0n) is 15.1. The first-order valence-electron chi connectivity index (χ1n) is 7.95. The van der Waals surface area contributed by atoms with Crippen LogP contribution in [0.3, 0.4) is 0 Å². The lowest BCUT2D eigenvalue weighted by molar-refractivity contribution is -0.384. The summed E-state index contributed by atoms with van der Waals surface area (Å²) in [5.41, 5.74) is -0.723. The van der Waals surface area contributed by atoms with Crippen LogP contribution >= 0.6 is 0 Å². The fraction of sp³-hybridized carbons (Fsp3) is 0.389. The van der Waals surface area contributed by atoms with Gasteiger partial charge in [-0.2, -0.15) is 5.26 Å². The summed E-state index contributed by atoms with van der Waals surface area (Å²) in [5.74, 6) is -1.49. The highest BCUT2D eigenvalue weighted by molar-refractivity contribution is 5.90. The molecule has 8 heteroatoms. The van der Waals surface area contributed by atoms with Crippen molar-refractivity contribution in [2.45, 2.75) is 39.3 Å². The van der Waals surface area contributed by atoms with Gasteiger partial charge >= 0.3 is 5.97 Å². The van der Waals surface area contributed by atoms with Crippen LogP contribution in [-0.2, 0) is 14.3 Å². The summed E-state index contributed by atoms with van der Waals surface area (Å²) in [6, 6.07) is 7.76. The summed E-state index contributed by atoms with van der Waals surface area (Å²) in [6.45, 7) is 6.57. The molecule has 0 saturated heterocycles. The molecule has 0 aromatic heterocycles. The fourth-order valence-electron chi connectivity index (χ4n) is 1.83. The van der Waals surface area contributed by atoms with E-state index in [1.165, 1.54) is 31.2 Å². The van der Waals surface area contributed by atoms with E-state index in [1.54, 1.807) is 26.8 Å². The van der Waals surface area contributed by atoms with Gasteiger partial charge in [0.05, 0.1) is 11.0 Å². The topological polar surface area (TPSA) is 122 Å². The maximum Gasteiger partial charge on any atom is 0.331 e. The normalized spacial score (nSPS) is 14.3. The zero-order valence-corrected chi connectivity index (χ0v) is 15.1. The van der Waals surface area contributed by atoms with E-state index in [2.05, 4.69) is 5.32 Å². The van der Waals surface area contributed by atoms with Crippen molar-refractivity contribution >= 4 is 23.6 Å². The SMILES string of the molecule is CC(OC(=O)/C=C/c1cccc([N+](=O)[O-])c1)C(=O)NC(C)(C#N)C(C)C. The Hall–Kier alpha value is -3.21. The molecule has 2 atom stereocenters. The fourth-order valence-corrected chi connectivity index (χ4v) is 1.83. The van der Waals surface area contributed by atoms with Crippen molar-refractivity contribution in [2.75, 3.05) is 0 Å². The molecular weight excluding hydrogens is 338 g/mol. The Morgan fingerprint density at radius 2 is 2.04 bits per heavy atom. The lowest BCUT2D eigenvalue weighted by Crippen LogP contribution is -2.52. The van der Waals surface area contributed by atoms with Crippen molar-refractivity contribution in [2.24, 2.45) is 5.92 Å². The molecule has 1 amide bonds. The third kappa shape index (κ3) is 5.70. The molecule has 0 aliphatic heterocycles. The molecule has 138 valence electrons. The van der Waals surface area contributed by atoms with E-state index in [-0.39, 0.29) is 11.6 Å². The summed E-state index contributed by atoms with van der Waals surface area (Å²) >= 11 is 0. The lowest BCUT2D eigenvalue weighted by atomic mass is 9.90. The Bertz CT molecular complexity index is 766. The van der Waals surface area contributed by atoms with Gasteiger partial charge in [-0.15, -0.1) is 0 Å². The lowest BCUT2D eigenvalue weighted by Gasteiger charge is -2.28. The van der Waals surface area contributed by atoms with Crippen molar-refractivity contribution in [3.8, 4) is 6.07 Å². The average molecular weight is 359 g/mol. The minimum absolute atomic E-state index is 0.0993. The van der Waals surface area contributed by atoms with Crippen LogP contribution in [0, 0.1) is 27.4 Å². The van der Waals surface area contributed by atoms with Gasteiger partial charge in [-0.25, -0.2) is 4.79 Å². The monoisotopic (exact) mass is 359 g/mol. The molecule has 1 aromatic rings. The number of esters is 1. The Balaban J connectivity index is 2.70. The second-order valence-electron chi connectivity index (χ2n) is 6.22. The van der Waals surface area contributed by atoms with E-state index in [0.717, 1.165) is 6.08 Å². The molecule has 1 rings (SSSR count). The van der Waals surface area contributed by atoms with Gasteiger partial charge in [0.25, 0.3) is 11.6 Å². The summed E-state index contributed by atoms with van der Waals surface area (Å²) in [7, 11) is 0. The largest absolute Gasteiger partial charge is 0.449 e. The maximum atomic E-state index is 12.1. The minimum atomic E-state index is -1.09. The highest BCUT2D eigenvalue weighted by Crippen LogP contribution is 2.16. The van der Waals surface area contributed by atoms with Crippen molar-refractivity contribution in [1.82, 2.24) is 5.32 Å². The molecule has 2 unspecified atom stereocenters. The Labute approximate surface area is 151 Å². The first-order chi connectivity index (χ1) is 12.1. The number of benzene rings is 1. The molecule has 0 radical (unpaired) electrons. The molecule has 26 heavy (non-hydrogen) atoms. The predicted octanol–water partition coefficient (Wildman–Crippen LogP) is 2.59. The van der Waals surface area contributed by atoms with Gasteiger partial charge in [0.2, 0.25) is 0 Å². The molecule has 0 bridgehead atoms. The molecule has 0 saturated carbocycles. The number of non-ortho nitro benzene ring substituents is 1. The summed E-state index contributed by atoms with van der Waals surface area (Å²) in [5, 5.41) is 22.5. The average Bonchev–Trinajstić information content (AvgIpc) is 2.59. The van der Waals surface area contributed by atoms with Crippen LogP contribution in [0.5, 0.6) is 0 Å². The number of rotatable bonds is 7. The number of nitrogens with zero attached hydrogens (tertiary/aromatic N) is 2. The minimum Gasteiger partial charge on any atom is -0.449 e. The smallest absolute Gasteiger partial charge is 0.331 e. The number of carbonyl (C=O) groups excluding carboxylic acids is 2. The zero-order chi connectivity index (χ0) is 19.9. The molecule has 1 aromatic carbocycles. The maximum absolute atomic E-state index is 12.1. The van der Waals surface area contributed by atoms with Gasteiger partial charge in [-0.05, 0) is 31.4 Å². The van der Waals surface area contributed by atoms with Gasteiger partial charge in [-0.1, -0.05) is 26.0 Å². The number of hydrogen-bond acceptors (Lipinski definition) is 6. The van der Waals surface area contributed by atoms with E-state index in [4.69, 9.17) is 4.74 Å². The number of nitro groups is 1. The molecule has 8 nitrogen and oxygen atoms in total. The van der Waals surface area contributed by atoms with Crippen molar-refractivity contribution < 1.29 is 19.2 Å². The van der Waals surface area contributed by atoms with Crippen molar-refractivity contribution in [1.29, 1.82) is 5.26 Å². The third-order valence-corrected chi connectivity index (χ3v) is 3.92. The molecule has 0 heterocycles. The number of nitriles is 1. The van der Waals surface area contributed by atoms with Crippen LogP contribution in [0.1, 0.15) is 33.3 Å². The van der Waals surface area contributed by atoms with Crippen LogP contribution in [0.2, 0.25) is 0 Å². The van der Waals surface area contributed by atoms with Crippen molar-refractivity contribution in [3.63, 3.8) is 0 Å². The van der Waals surface area contributed by atoms with Crippen LogP contribution in [0.25, 0.3) is 6.08 Å². The highest BCUT2D eigenvalue weighted by atomic mass is 16.6. The first kappa shape index (κ1) is 20.8. The highest BCUT2D eigenvalue weighted by Gasteiger charge is 2.32. The predicted molar refractivity (Wildman–Crippen MR) is 94.7 cm³/mol. The van der Waals surface area contributed by atoms with E-state index < -0.39 is 28.4 Å². The summed E-state index contributed by atoms with van der Waals surface area (Å²) in [4.78, 5) is 34.1. The molecular formula is C18H21N3O5. The Kier molecular flexibility index (Phi) is 7.02. The molecule has 1 N–H and O–H groups in total. The van der Waals surface area contributed by atoms with Crippen molar-refractivity contribution in [3.05, 3.63) is 46.0 Å². The van der Waals surface area contributed by atoms with Gasteiger partial charge in [0, 0.05) is 18.2 Å². The Morgan fingerprint density at radius 1 is 1.38 bits per heavy atom. The number of ether oxygens (including phenoxy) is 1. The van der Waals surface area contributed by atoms with E-state index in [9.17, 15) is 25.0 Å². The number of hydrogen-bond donors (Lipinski definition) is 1. The van der Waals surface area contributed by atoms with E-state index in [0.29, 0.717) is 5.56 Å². The molecule has 0 aliphatic carbocycles. The van der Waals surface area contributed by atoms with Crippen LogP contribution in [-0.4, -0.2) is 28.4 Å². The number of nitro benzene ring substituents is 1. The van der Waals surface area contributed by atoms with Gasteiger partial charge in [-0.3, -0.25) is 14.9 Å². The van der Waals surface area contributed by atoms with Gasteiger partial charge < -0.3 is 10.1 Å². The van der Waals surface area contributed by atoms with Gasteiger partial charge in [0.1, 0.15) is 5.54 Å². The first-order valence-corrected chi connectivity index (χ1v) is 7.95. The van der Waals surface area contributed by atoms with Crippen LogP contribution < -0.4 is 5.32 Å². The standard InChI is InChI=1S/C18H21N3O5/c1-12(2)18(4,11-19)20-17(23)13(3)26-16(22)9-8-14-6-5-7-15(10-14)21(24)25/h5-10,12-13H,1-4H3,(H,20,23)/b9-8+. The molecule has 0 fully saturated rings. The molecule has 0 aliphatic rings. The van der Waals surface area contributed by atoms with E-state index in [1.807, 2.05) is 6.07 Å². The number of carbonyl (C=O) groups is 2.